The van der Waals surface area contributed by atoms with Crippen LogP contribution in [0.3, 0.4) is 0 Å². The molecule has 1 spiro atoms. The molecule has 1 aliphatic carbocycles. The number of oxazole rings is 1. The number of nitrogens with zero attached hydrogens (tertiary/aromatic N) is 2. The minimum atomic E-state index is -0.242. The summed E-state index contributed by atoms with van der Waals surface area (Å²) in [5.74, 6) is 7.73. The topological polar surface area (TPSA) is 64.8 Å². The van der Waals surface area contributed by atoms with E-state index in [2.05, 4.69) is 46.0 Å². The molecule has 2 heterocycles. The lowest BCUT2D eigenvalue weighted by atomic mass is 9.74. The standard InChI is InChI=1S/C32H36N2O4/c1-3-7-26(20-31(35)36-4-2)24-10-12-27(13-11-24)37-23-30-33-21-28(38-30)22-34-18-16-32(17-19-34)15-14-25-8-5-6-9-29(25)32/h5-6,8-13,21,26H,4,14-20,22-23H2,1-2H3/t26-/m0/s1. The number of rotatable bonds is 9. The summed E-state index contributed by atoms with van der Waals surface area (Å²) in [6.45, 7) is 7.14. The number of hydrogen-bond acceptors (Lipinski definition) is 6. The van der Waals surface area contributed by atoms with Crippen molar-refractivity contribution in [3.05, 3.63) is 83.1 Å². The van der Waals surface area contributed by atoms with Crippen LogP contribution in [-0.2, 0) is 34.5 Å². The van der Waals surface area contributed by atoms with Crippen LogP contribution >= 0.6 is 0 Å². The Labute approximate surface area is 225 Å². The van der Waals surface area contributed by atoms with Gasteiger partial charge < -0.3 is 13.9 Å². The Hall–Kier alpha value is -3.56. The first kappa shape index (κ1) is 26.1. The third-order valence-corrected chi connectivity index (χ3v) is 7.90. The molecule has 1 aliphatic heterocycles. The molecule has 0 saturated carbocycles. The predicted octanol–water partition coefficient (Wildman–Crippen LogP) is 5.79. The van der Waals surface area contributed by atoms with Crippen LogP contribution in [0.5, 0.6) is 5.75 Å². The van der Waals surface area contributed by atoms with Gasteiger partial charge >= 0.3 is 5.97 Å². The molecule has 3 aromatic rings. The molecule has 2 aromatic carbocycles. The van der Waals surface area contributed by atoms with Crippen LogP contribution in [0.4, 0.5) is 0 Å². The van der Waals surface area contributed by atoms with E-state index in [1.54, 1.807) is 25.0 Å². The zero-order valence-electron chi connectivity index (χ0n) is 22.4. The second kappa shape index (κ2) is 11.9. The normalized spacial score (nSPS) is 16.9. The van der Waals surface area contributed by atoms with Gasteiger partial charge in [-0.2, -0.15) is 0 Å². The zero-order valence-corrected chi connectivity index (χ0v) is 22.4. The van der Waals surface area contributed by atoms with Gasteiger partial charge in [0.2, 0.25) is 5.89 Å². The second-order valence-corrected chi connectivity index (χ2v) is 10.2. The predicted molar refractivity (Wildman–Crippen MR) is 146 cm³/mol. The molecule has 1 aromatic heterocycles. The number of aromatic nitrogens is 1. The third-order valence-electron chi connectivity index (χ3n) is 7.90. The third kappa shape index (κ3) is 5.95. The highest BCUT2D eigenvalue weighted by Gasteiger charge is 2.40. The summed E-state index contributed by atoms with van der Waals surface area (Å²) in [7, 11) is 0. The first-order valence-electron chi connectivity index (χ1n) is 13.6. The maximum Gasteiger partial charge on any atom is 0.307 e. The molecule has 0 amide bonds. The van der Waals surface area contributed by atoms with E-state index in [1.807, 2.05) is 30.5 Å². The summed E-state index contributed by atoms with van der Waals surface area (Å²) in [6, 6.07) is 16.7. The van der Waals surface area contributed by atoms with E-state index in [-0.39, 0.29) is 24.9 Å². The molecule has 0 radical (unpaired) electrons. The van der Waals surface area contributed by atoms with Crippen LogP contribution in [0.15, 0.2) is 59.1 Å². The Morgan fingerprint density at radius 2 is 1.92 bits per heavy atom. The quantitative estimate of drug-likeness (QED) is 0.267. The molecule has 5 rings (SSSR count). The Kier molecular flexibility index (Phi) is 8.14. The van der Waals surface area contributed by atoms with E-state index in [9.17, 15) is 4.79 Å². The fraction of sp³-hybridized carbons (Fsp3) is 0.438. The van der Waals surface area contributed by atoms with Gasteiger partial charge in [-0.15, -0.1) is 5.92 Å². The van der Waals surface area contributed by atoms with Gasteiger partial charge in [0.25, 0.3) is 0 Å². The van der Waals surface area contributed by atoms with Crippen molar-refractivity contribution in [2.45, 2.75) is 70.4 Å². The largest absolute Gasteiger partial charge is 0.484 e. The van der Waals surface area contributed by atoms with E-state index < -0.39 is 0 Å². The lowest BCUT2D eigenvalue weighted by Crippen LogP contribution is -2.41. The van der Waals surface area contributed by atoms with Crippen LogP contribution in [-0.4, -0.2) is 35.5 Å². The molecule has 0 unspecified atom stereocenters. The second-order valence-electron chi connectivity index (χ2n) is 10.2. The van der Waals surface area contributed by atoms with E-state index in [1.165, 1.54) is 25.7 Å². The van der Waals surface area contributed by atoms with Gasteiger partial charge in [0, 0.05) is 0 Å². The minimum absolute atomic E-state index is 0.199. The Morgan fingerprint density at radius 1 is 1.13 bits per heavy atom. The lowest BCUT2D eigenvalue weighted by Gasteiger charge is -2.39. The van der Waals surface area contributed by atoms with Crippen molar-refractivity contribution in [3.63, 3.8) is 0 Å². The van der Waals surface area contributed by atoms with Gasteiger partial charge in [0.05, 0.1) is 31.7 Å². The molecule has 198 valence electrons. The number of carbonyl (C=O) groups excluding carboxylic acids is 1. The first-order chi connectivity index (χ1) is 18.6. The molecule has 0 bridgehead atoms. The van der Waals surface area contributed by atoms with Crippen LogP contribution in [0.25, 0.3) is 0 Å². The summed E-state index contributed by atoms with van der Waals surface area (Å²) in [5, 5.41) is 0. The summed E-state index contributed by atoms with van der Waals surface area (Å²) in [6.07, 6.45) is 6.96. The minimum Gasteiger partial charge on any atom is -0.484 e. The van der Waals surface area contributed by atoms with Gasteiger partial charge in [-0.05, 0) is 86.9 Å². The van der Waals surface area contributed by atoms with E-state index >= 15 is 0 Å². The number of fused-ring (bicyclic) bond motifs is 2. The highest BCUT2D eigenvalue weighted by atomic mass is 16.5. The first-order valence-corrected chi connectivity index (χ1v) is 13.6. The molecule has 1 atom stereocenters. The lowest BCUT2D eigenvalue weighted by molar-refractivity contribution is -0.143. The molecule has 1 saturated heterocycles. The van der Waals surface area contributed by atoms with Crippen molar-refractivity contribution in [1.29, 1.82) is 0 Å². The number of esters is 1. The maximum atomic E-state index is 11.9. The monoisotopic (exact) mass is 512 g/mol. The van der Waals surface area contributed by atoms with Crippen molar-refractivity contribution < 1.29 is 18.7 Å². The van der Waals surface area contributed by atoms with Crippen LogP contribution in [0.2, 0.25) is 0 Å². The molecule has 2 aliphatic rings. The SMILES string of the molecule is CC#C[C@@H](CC(=O)OCC)c1ccc(OCc2ncc(CN3CCC4(CCc5ccccc54)CC3)o2)cc1. The van der Waals surface area contributed by atoms with E-state index in [0.717, 1.165) is 31.0 Å². The number of carbonyl (C=O) groups is 1. The van der Waals surface area contributed by atoms with Gasteiger partial charge in [-0.1, -0.05) is 42.3 Å². The van der Waals surface area contributed by atoms with Crippen molar-refractivity contribution >= 4 is 5.97 Å². The van der Waals surface area contributed by atoms with Crippen LogP contribution in [0, 0.1) is 11.8 Å². The van der Waals surface area contributed by atoms with E-state index in [0.29, 0.717) is 23.7 Å². The molecule has 6 heteroatoms. The maximum absolute atomic E-state index is 11.9. The number of likely N-dealkylation sites (tertiary alicyclic amines) is 1. The average Bonchev–Trinajstić information content (AvgIpc) is 3.54. The van der Waals surface area contributed by atoms with Crippen molar-refractivity contribution in [2.24, 2.45) is 0 Å². The number of piperidine rings is 1. The molecular weight excluding hydrogens is 476 g/mol. The molecule has 0 N–H and O–H groups in total. The Balaban J connectivity index is 1.11. The average molecular weight is 513 g/mol. The Bertz CT molecular complexity index is 1290. The van der Waals surface area contributed by atoms with Gasteiger partial charge in [-0.25, -0.2) is 4.98 Å². The highest BCUT2D eigenvalue weighted by molar-refractivity contribution is 5.71. The fourth-order valence-corrected chi connectivity index (χ4v) is 5.89. The number of hydrogen-bond donors (Lipinski definition) is 0. The van der Waals surface area contributed by atoms with Crippen molar-refractivity contribution in [1.82, 2.24) is 9.88 Å². The zero-order chi connectivity index (χ0) is 26.4. The molecule has 6 nitrogen and oxygen atoms in total. The number of aryl methyl sites for hydroxylation is 1. The van der Waals surface area contributed by atoms with Gasteiger partial charge in [0.15, 0.2) is 6.61 Å². The van der Waals surface area contributed by atoms with Crippen molar-refractivity contribution in [3.8, 4) is 17.6 Å². The van der Waals surface area contributed by atoms with Gasteiger partial charge in [0.1, 0.15) is 11.5 Å². The van der Waals surface area contributed by atoms with E-state index in [4.69, 9.17) is 13.9 Å². The summed E-state index contributed by atoms with van der Waals surface area (Å²) in [4.78, 5) is 18.8. The number of ether oxygens (including phenoxy) is 2. The molecular formula is C32H36N2O4. The fourth-order valence-electron chi connectivity index (χ4n) is 5.89. The summed E-state index contributed by atoms with van der Waals surface area (Å²) in [5.41, 5.74) is 4.45. The smallest absolute Gasteiger partial charge is 0.307 e. The summed E-state index contributed by atoms with van der Waals surface area (Å²) < 4.78 is 17.0. The van der Waals surface area contributed by atoms with Crippen LogP contribution in [0.1, 0.15) is 73.8 Å². The number of benzene rings is 2. The van der Waals surface area contributed by atoms with Crippen LogP contribution < -0.4 is 4.74 Å². The highest BCUT2D eigenvalue weighted by Crippen LogP contribution is 2.46. The molecule has 1 fully saturated rings. The van der Waals surface area contributed by atoms with Gasteiger partial charge in [-0.3, -0.25) is 9.69 Å². The Morgan fingerprint density at radius 3 is 2.68 bits per heavy atom. The summed E-state index contributed by atoms with van der Waals surface area (Å²) >= 11 is 0. The molecule has 38 heavy (non-hydrogen) atoms. The van der Waals surface area contributed by atoms with Crippen molar-refractivity contribution in [2.75, 3.05) is 19.7 Å².